The van der Waals surface area contributed by atoms with Gasteiger partial charge in [0.15, 0.2) is 5.75 Å². The van der Waals surface area contributed by atoms with Gasteiger partial charge in [-0.25, -0.2) is 9.78 Å². The van der Waals surface area contributed by atoms with Gasteiger partial charge in [0.25, 0.3) is 0 Å². The highest BCUT2D eigenvalue weighted by Crippen LogP contribution is 2.27. The van der Waals surface area contributed by atoms with Gasteiger partial charge in [-0.1, -0.05) is 18.7 Å². The largest absolute Gasteiger partial charge is 0.491 e. The zero-order chi connectivity index (χ0) is 15.0. The second-order valence-electron chi connectivity index (χ2n) is 4.06. The number of aliphatic carboxylic acids is 1. The van der Waals surface area contributed by atoms with Crippen LogP contribution in [0.2, 0.25) is 0 Å². The molecule has 0 aliphatic heterocycles. The van der Waals surface area contributed by atoms with Crippen LogP contribution in [0.25, 0.3) is 0 Å². The Labute approximate surface area is 121 Å². The van der Waals surface area contributed by atoms with Crippen LogP contribution in [0.3, 0.4) is 0 Å². The zero-order valence-electron chi connectivity index (χ0n) is 11.5. The Morgan fingerprint density at radius 2 is 2.30 bits per heavy atom. The predicted octanol–water partition coefficient (Wildman–Crippen LogP) is 1.55. The molecule has 1 aromatic rings. The standard InChI is InChI=1S/C13H18N2O4S/c1-3-7-19-11-5-4-6-14-12(11)20-8-10(13(17)18)15-9(2)16/h4-6,10H,3,7-8H2,1-2H3,(H,15,16)(H,17,18). The van der Waals surface area contributed by atoms with Crippen molar-refractivity contribution in [1.29, 1.82) is 0 Å². The van der Waals surface area contributed by atoms with E-state index < -0.39 is 12.0 Å². The number of ether oxygens (including phenoxy) is 1. The van der Waals surface area contributed by atoms with Crippen molar-refractivity contribution in [2.75, 3.05) is 12.4 Å². The maximum absolute atomic E-state index is 11.0. The van der Waals surface area contributed by atoms with Gasteiger partial charge < -0.3 is 15.2 Å². The van der Waals surface area contributed by atoms with E-state index in [4.69, 9.17) is 9.84 Å². The summed E-state index contributed by atoms with van der Waals surface area (Å²) in [5, 5.41) is 12.0. The molecule has 1 aromatic heterocycles. The van der Waals surface area contributed by atoms with Crippen molar-refractivity contribution in [3.05, 3.63) is 18.3 Å². The van der Waals surface area contributed by atoms with Crippen molar-refractivity contribution in [3.8, 4) is 5.75 Å². The van der Waals surface area contributed by atoms with Crippen LogP contribution in [-0.2, 0) is 9.59 Å². The number of amides is 1. The highest BCUT2D eigenvalue weighted by atomic mass is 32.2. The maximum Gasteiger partial charge on any atom is 0.327 e. The number of carboxylic acid groups (broad SMARTS) is 1. The summed E-state index contributed by atoms with van der Waals surface area (Å²) in [6.45, 7) is 3.87. The molecule has 1 rings (SSSR count). The van der Waals surface area contributed by atoms with Gasteiger partial charge in [-0.15, -0.1) is 0 Å². The molecule has 110 valence electrons. The lowest BCUT2D eigenvalue weighted by atomic mass is 10.3. The maximum atomic E-state index is 11.0. The Balaban J connectivity index is 2.67. The number of rotatable bonds is 8. The molecule has 0 spiro atoms. The van der Waals surface area contributed by atoms with E-state index in [1.165, 1.54) is 18.7 Å². The van der Waals surface area contributed by atoms with Crippen LogP contribution in [0.1, 0.15) is 20.3 Å². The smallest absolute Gasteiger partial charge is 0.327 e. The zero-order valence-corrected chi connectivity index (χ0v) is 12.3. The lowest BCUT2D eigenvalue weighted by Crippen LogP contribution is -2.41. The fourth-order valence-corrected chi connectivity index (χ4v) is 2.34. The minimum absolute atomic E-state index is 0.189. The second-order valence-corrected chi connectivity index (χ2v) is 5.07. The molecule has 0 fully saturated rings. The molecule has 1 atom stereocenters. The Morgan fingerprint density at radius 1 is 1.55 bits per heavy atom. The van der Waals surface area contributed by atoms with Gasteiger partial charge in [-0.05, 0) is 18.6 Å². The van der Waals surface area contributed by atoms with Gasteiger partial charge >= 0.3 is 5.97 Å². The molecule has 0 aliphatic rings. The Bertz CT molecular complexity index is 467. The number of nitrogens with one attached hydrogen (secondary N) is 1. The van der Waals surface area contributed by atoms with Gasteiger partial charge in [0.1, 0.15) is 11.1 Å². The summed E-state index contributed by atoms with van der Waals surface area (Å²) in [6, 6.07) is 2.61. The van der Waals surface area contributed by atoms with Crippen molar-refractivity contribution >= 4 is 23.6 Å². The minimum atomic E-state index is -1.07. The number of carbonyl (C=O) groups excluding carboxylic acids is 1. The summed E-state index contributed by atoms with van der Waals surface area (Å²) in [5.74, 6) is -0.624. The van der Waals surface area contributed by atoms with Crippen molar-refractivity contribution in [2.24, 2.45) is 0 Å². The van der Waals surface area contributed by atoms with Gasteiger partial charge in [-0.2, -0.15) is 0 Å². The molecule has 0 bridgehead atoms. The van der Waals surface area contributed by atoms with Crippen molar-refractivity contribution in [3.63, 3.8) is 0 Å². The lowest BCUT2D eigenvalue weighted by Gasteiger charge is -2.14. The molecular weight excluding hydrogens is 280 g/mol. The summed E-state index contributed by atoms with van der Waals surface area (Å²) < 4.78 is 5.54. The van der Waals surface area contributed by atoms with Gasteiger partial charge in [0, 0.05) is 18.9 Å². The molecule has 0 saturated carbocycles. The summed E-state index contributed by atoms with van der Waals surface area (Å²) >= 11 is 1.24. The van der Waals surface area contributed by atoms with Gasteiger partial charge in [-0.3, -0.25) is 4.79 Å². The molecule has 1 unspecified atom stereocenters. The summed E-state index contributed by atoms with van der Waals surface area (Å²) in [7, 11) is 0. The third-order valence-corrected chi connectivity index (χ3v) is 3.34. The molecule has 0 radical (unpaired) electrons. The van der Waals surface area contributed by atoms with E-state index >= 15 is 0 Å². The fourth-order valence-electron chi connectivity index (χ4n) is 1.39. The average Bonchev–Trinajstić information content (AvgIpc) is 2.41. The van der Waals surface area contributed by atoms with Crippen molar-refractivity contribution in [2.45, 2.75) is 31.3 Å². The molecule has 6 nitrogen and oxygen atoms in total. The molecule has 0 saturated heterocycles. The monoisotopic (exact) mass is 298 g/mol. The van der Waals surface area contributed by atoms with Crippen molar-refractivity contribution < 1.29 is 19.4 Å². The van der Waals surface area contributed by atoms with Crippen LogP contribution in [0.4, 0.5) is 0 Å². The minimum Gasteiger partial charge on any atom is -0.491 e. The first-order chi connectivity index (χ1) is 9.54. The third kappa shape index (κ3) is 5.48. The quantitative estimate of drug-likeness (QED) is 0.708. The summed E-state index contributed by atoms with van der Waals surface area (Å²) in [6.07, 6.45) is 2.50. The van der Waals surface area contributed by atoms with E-state index in [-0.39, 0.29) is 11.7 Å². The number of carboxylic acids is 1. The SMILES string of the molecule is CCCOc1cccnc1SCC(NC(C)=O)C(=O)O. The Hall–Kier alpha value is -1.76. The van der Waals surface area contributed by atoms with E-state index in [0.717, 1.165) is 6.42 Å². The molecule has 20 heavy (non-hydrogen) atoms. The molecule has 0 aliphatic carbocycles. The number of pyridine rings is 1. The fraction of sp³-hybridized carbons (Fsp3) is 0.462. The van der Waals surface area contributed by atoms with Gasteiger partial charge in [0.2, 0.25) is 5.91 Å². The summed E-state index contributed by atoms with van der Waals surface area (Å²) in [5.41, 5.74) is 0. The number of nitrogens with zero attached hydrogens (tertiary/aromatic N) is 1. The predicted molar refractivity (Wildman–Crippen MR) is 76.0 cm³/mol. The van der Waals surface area contributed by atoms with Crippen LogP contribution < -0.4 is 10.1 Å². The highest BCUT2D eigenvalue weighted by Gasteiger charge is 2.19. The average molecular weight is 298 g/mol. The molecular formula is C13H18N2O4S. The van der Waals surface area contributed by atoms with Crippen LogP contribution in [0.15, 0.2) is 23.4 Å². The molecule has 7 heteroatoms. The van der Waals surface area contributed by atoms with Crippen molar-refractivity contribution in [1.82, 2.24) is 10.3 Å². The first kappa shape index (κ1) is 16.3. The first-order valence-electron chi connectivity index (χ1n) is 6.25. The number of carbonyl (C=O) groups is 2. The van der Waals surface area contributed by atoms with Crippen LogP contribution in [0, 0.1) is 0 Å². The number of aromatic nitrogens is 1. The summed E-state index contributed by atoms with van der Waals surface area (Å²) in [4.78, 5) is 26.2. The first-order valence-corrected chi connectivity index (χ1v) is 7.23. The van der Waals surface area contributed by atoms with Gasteiger partial charge in [0.05, 0.1) is 6.61 Å². The van der Waals surface area contributed by atoms with E-state index in [9.17, 15) is 9.59 Å². The number of hydrogen-bond donors (Lipinski definition) is 2. The number of hydrogen-bond acceptors (Lipinski definition) is 5. The van der Waals surface area contributed by atoms with E-state index in [1.54, 1.807) is 18.3 Å². The van der Waals surface area contributed by atoms with Crippen LogP contribution >= 0.6 is 11.8 Å². The topological polar surface area (TPSA) is 88.5 Å². The van der Waals surface area contributed by atoms with Crippen LogP contribution in [-0.4, -0.2) is 40.4 Å². The normalized spacial score (nSPS) is 11.7. The molecule has 0 aromatic carbocycles. The van der Waals surface area contributed by atoms with E-state index in [0.29, 0.717) is 17.4 Å². The van der Waals surface area contributed by atoms with E-state index in [1.807, 2.05) is 6.92 Å². The van der Waals surface area contributed by atoms with Crippen LogP contribution in [0.5, 0.6) is 5.75 Å². The molecule has 1 heterocycles. The Morgan fingerprint density at radius 3 is 2.90 bits per heavy atom. The number of thioether (sulfide) groups is 1. The third-order valence-electron chi connectivity index (χ3n) is 2.26. The lowest BCUT2D eigenvalue weighted by molar-refractivity contribution is -0.140. The Kier molecular flexibility index (Phi) is 6.86. The molecule has 2 N–H and O–H groups in total. The second kappa shape index (κ2) is 8.42. The van der Waals surface area contributed by atoms with E-state index in [2.05, 4.69) is 10.3 Å². The highest BCUT2D eigenvalue weighted by molar-refractivity contribution is 7.99. The molecule has 1 amide bonds.